The van der Waals surface area contributed by atoms with E-state index in [-0.39, 0.29) is 5.97 Å². The number of imidazole rings is 1. The van der Waals surface area contributed by atoms with E-state index < -0.39 is 0 Å². The fourth-order valence-electron chi connectivity index (χ4n) is 3.40. The van der Waals surface area contributed by atoms with E-state index in [4.69, 9.17) is 4.74 Å². The van der Waals surface area contributed by atoms with Crippen molar-refractivity contribution in [2.45, 2.75) is 32.9 Å². The van der Waals surface area contributed by atoms with E-state index in [0.29, 0.717) is 19.1 Å². The number of aromatic nitrogens is 2. The van der Waals surface area contributed by atoms with Gasteiger partial charge in [-0.05, 0) is 5.56 Å². The predicted octanol–water partition coefficient (Wildman–Crippen LogP) is 2.37. The normalized spacial score (nSPS) is 16.0. The van der Waals surface area contributed by atoms with Gasteiger partial charge in [0.2, 0.25) is 0 Å². The van der Waals surface area contributed by atoms with Crippen LogP contribution in [0.15, 0.2) is 42.7 Å². The molecule has 1 fully saturated rings. The first-order valence-corrected chi connectivity index (χ1v) is 9.77. The molecule has 0 atom stereocenters. The zero-order valence-corrected chi connectivity index (χ0v) is 16.4. The standard InChI is InChI=1S/C21H30N4O2/c1-18(2)21-22-8-9-25(21)15-14-23-10-12-24(13-11-23)16-20(26)27-17-19-6-4-3-5-7-19/h3-9,18H,10-17H2,1-2H3. The topological polar surface area (TPSA) is 50.6 Å². The fraction of sp³-hybridized carbons (Fsp3) is 0.524. The van der Waals surface area contributed by atoms with Gasteiger partial charge in [0.1, 0.15) is 12.4 Å². The molecule has 0 bridgehead atoms. The van der Waals surface area contributed by atoms with Crippen LogP contribution < -0.4 is 0 Å². The van der Waals surface area contributed by atoms with Crippen molar-refractivity contribution in [2.24, 2.45) is 0 Å². The Kier molecular flexibility index (Phi) is 7.01. The lowest BCUT2D eigenvalue weighted by Gasteiger charge is -2.34. The molecule has 1 aliphatic rings. The number of ether oxygens (including phenoxy) is 1. The molecule has 1 aliphatic heterocycles. The van der Waals surface area contributed by atoms with Gasteiger partial charge in [0.25, 0.3) is 0 Å². The third-order valence-electron chi connectivity index (χ3n) is 4.98. The number of benzene rings is 1. The Morgan fingerprint density at radius 1 is 1.07 bits per heavy atom. The van der Waals surface area contributed by atoms with Gasteiger partial charge in [-0.15, -0.1) is 0 Å². The van der Waals surface area contributed by atoms with Gasteiger partial charge in [0.05, 0.1) is 6.54 Å². The van der Waals surface area contributed by atoms with Gasteiger partial charge in [-0.3, -0.25) is 14.6 Å². The van der Waals surface area contributed by atoms with Crippen molar-refractivity contribution in [1.82, 2.24) is 19.4 Å². The number of hydrogen-bond donors (Lipinski definition) is 0. The summed E-state index contributed by atoms with van der Waals surface area (Å²) in [5, 5.41) is 0. The number of esters is 1. The van der Waals surface area contributed by atoms with Crippen LogP contribution in [-0.4, -0.2) is 64.6 Å². The SMILES string of the molecule is CC(C)c1nccn1CCN1CCN(CC(=O)OCc2ccccc2)CC1. The van der Waals surface area contributed by atoms with Crippen LogP contribution in [0.3, 0.4) is 0 Å². The van der Waals surface area contributed by atoms with Gasteiger partial charge in [0.15, 0.2) is 0 Å². The summed E-state index contributed by atoms with van der Waals surface area (Å²) < 4.78 is 7.63. The monoisotopic (exact) mass is 370 g/mol. The van der Waals surface area contributed by atoms with Crippen LogP contribution in [-0.2, 0) is 22.7 Å². The smallest absolute Gasteiger partial charge is 0.320 e. The summed E-state index contributed by atoms with van der Waals surface area (Å²) in [4.78, 5) is 21.1. The van der Waals surface area contributed by atoms with E-state index >= 15 is 0 Å². The molecular formula is C21H30N4O2. The van der Waals surface area contributed by atoms with Crippen LogP contribution in [0.2, 0.25) is 0 Å². The molecule has 0 aliphatic carbocycles. The number of nitrogens with zero attached hydrogens (tertiary/aromatic N) is 4. The number of carbonyl (C=O) groups excluding carboxylic acids is 1. The molecule has 6 heteroatoms. The second-order valence-electron chi connectivity index (χ2n) is 7.40. The van der Waals surface area contributed by atoms with Crippen LogP contribution in [0.4, 0.5) is 0 Å². The maximum atomic E-state index is 12.1. The minimum absolute atomic E-state index is 0.146. The molecule has 0 unspecified atom stereocenters. The van der Waals surface area contributed by atoms with Gasteiger partial charge < -0.3 is 9.30 Å². The van der Waals surface area contributed by atoms with Crippen molar-refractivity contribution in [3.8, 4) is 0 Å². The van der Waals surface area contributed by atoms with Gasteiger partial charge in [-0.1, -0.05) is 44.2 Å². The lowest BCUT2D eigenvalue weighted by atomic mass is 10.2. The molecule has 2 aromatic rings. The highest BCUT2D eigenvalue weighted by atomic mass is 16.5. The predicted molar refractivity (Wildman–Crippen MR) is 105 cm³/mol. The molecule has 1 aromatic heterocycles. The summed E-state index contributed by atoms with van der Waals surface area (Å²) in [5.74, 6) is 1.45. The minimum Gasteiger partial charge on any atom is -0.460 e. The van der Waals surface area contributed by atoms with Crippen molar-refractivity contribution in [2.75, 3.05) is 39.3 Å². The number of rotatable bonds is 8. The summed E-state index contributed by atoms with van der Waals surface area (Å²) in [6.45, 7) is 10.8. The molecule has 2 heterocycles. The average Bonchev–Trinajstić information content (AvgIpc) is 3.16. The molecule has 1 saturated heterocycles. The summed E-state index contributed by atoms with van der Waals surface area (Å²) in [5.41, 5.74) is 1.02. The molecule has 146 valence electrons. The Morgan fingerprint density at radius 3 is 2.48 bits per heavy atom. The maximum Gasteiger partial charge on any atom is 0.320 e. The molecule has 0 radical (unpaired) electrons. The van der Waals surface area contributed by atoms with Crippen molar-refractivity contribution in [3.05, 3.63) is 54.1 Å². The summed E-state index contributed by atoms with van der Waals surface area (Å²) in [7, 11) is 0. The first-order valence-electron chi connectivity index (χ1n) is 9.77. The highest BCUT2D eigenvalue weighted by molar-refractivity contribution is 5.71. The van der Waals surface area contributed by atoms with E-state index in [9.17, 15) is 4.79 Å². The average molecular weight is 370 g/mol. The zero-order valence-electron chi connectivity index (χ0n) is 16.4. The lowest BCUT2D eigenvalue weighted by Crippen LogP contribution is -2.48. The minimum atomic E-state index is -0.146. The van der Waals surface area contributed by atoms with Crippen molar-refractivity contribution in [1.29, 1.82) is 0 Å². The highest BCUT2D eigenvalue weighted by Gasteiger charge is 2.19. The lowest BCUT2D eigenvalue weighted by molar-refractivity contribution is -0.146. The zero-order chi connectivity index (χ0) is 19.1. The quantitative estimate of drug-likeness (QED) is 0.668. The van der Waals surface area contributed by atoms with Gasteiger partial charge in [-0.25, -0.2) is 4.98 Å². The second kappa shape index (κ2) is 9.67. The van der Waals surface area contributed by atoms with Crippen LogP contribution >= 0.6 is 0 Å². The van der Waals surface area contributed by atoms with Crippen molar-refractivity contribution < 1.29 is 9.53 Å². The Balaban J connectivity index is 1.35. The van der Waals surface area contributed by atoms with Crippen molar-refractivity contribution >= 4 is 5.97 Å². The Labute approximate surface area is 161 Å². The summed E-state index contributed by atoms with van der Waals surface area (Å²) in [6, 6.07) is 9.81. The van der Waals surface area contributed by atoms with Gasteiger partial charge >= 0.3 is 5.97 Å². The Bertz CT molecular complexity index is 706. The Hall–Kier alpha value is -2.18. The molecule has 0 N–H and O–H groups in total. The van der Waals surface area contributed by atoms with Crippen LogP contribution in [0, 0.1) is 0 Å². The van der Waals surface area contributed by atoms with Crippen LogP contribution in [0.1, 0.15) is 31.2 Å². The Morgan fingerprint density at radius 2 is 1.78 bits per heavy atom. The summed E-state index contributed by atoms with van der Waals surface area (Å²) in [6.07, 6.45) is 3.95. The second-order valence-corrected chi connectivity index (χ2v) is 7.40. The molecular weight excluding hydrogens is 340 g/mol. The highest BCUT2D eigenvalue weighted by Crippen LogP contribution is 2.12. The van der Waals surface area contributed by atoms with E-state index in [2.05, 4.69) is 39.4 Å². The van der Waals surface area contributed by atoms with Gasteiger partial charge in [0, 0.05) is 57.6 Å². The van der Waals surface area contributed by atoms with E-state index in [1.165, 1.54) is 0 Å². The largest absolute Gasteiger partial charge is 0.460 e. The molecule has 0 saturated carbocycles. The summed E-state index contributed by atoms with van der Waals surface area (Å²) >= 11 is 0. The van der Waals surface area contributed by atoms with Crippen molar-refractivity contribution in [3.63, 3.8) is 0 Å². The van der Waals surface area contributed by atoms with Gasteiger partial charge in [-0.2, -0.15) is 0 Å². The molecule has 0 spiro atoms. The van der Waals surface area contributed by atoms with E-state index in [1.807, 2.05) is 36.5 Å². The van der Waals surface area contributed by atoms with Crippen LogP contribution in [0.25, 0.3) is 0 Å². The third-order valence-corrected chi connectivity index (χ3v) is 4.98. The fourth-order valence-corrected chi connectivity index (χ4v) is 3.40. The molecule has 27 heavy (non-hydrogen) atoms. The number of hydrogen-bond acceptors (Lipinski definition) is 5. The third kappa shape index (κ3) is 5.91. The maximum absolute atomic E-state index is 12.1. The van der Waals surface area contributed by atoms with E-state index in [0.717, 1.165) is 50.7 Å². The molecule has 0 amide bonds. The first kappa shape index (κ1) is 19.6. The number of carbonyl (C=O) groups is 1. The molecule has 1 aromatic carbocycles. The molecule has 3 rings (SSSR count). The van der Waals surface area contributed by atoms with Crippen LogP contribution in [0.5, 0.6) is 0 Å². The first-order chi connectivity index (χ1) is 13.1. The molecule has 6 nitrogen and oxygen atoms in total. The number of piperazine rings is 1. The van der Waals surface area contributed by atoms with E-state index in [1.54, 1.807) is 0 Å².